The predicted octanol–water partition coefficient (Wildman–Crippen LogP) is 3.44. The molecule has 0 spiro atoms. The van der Waals surface area contributed by atoms with Crippen LogP contribution in [0.4, 0.5) is 17.6 Å². The molecule has 2 nitrogen and oxygen atoms in total. The minimum atomic E-state index is -4.65. The van der Waals surface area contributed by atoms with Crippen molar-refractivity contribution in [1.82, 2.24) is 0 Å². The lowest BCUT2D eigenvalue weighted by Gasteiger charge is -2.14. The largest absolute Gasteiger partial charge is 0.488 e. The lowest BCUT2D eigenvalue weighted by Crippen LogP contribution is -2.12. The molecule has 1 rings (SSSR count). The molecule has 0 unspecified atom stereocenters. The summed E-state index contributed by atoms with van der Waals surface area (Å²) >= 11 is 0. The van der Waals surface area contributed by atoms with Crippen LogP contribution in [-0.2, 0) is 6.18 Å². The van der Waals surface area contributed by atoms with Gasteiger partial charge in [-0.25, -0.2) is 4.39 Å². The summed E-state index contributed by atoms with van der Waals surface area (Å²) in [5.74, 6) is -1.65. The van der Waals surface area contributed by atoms with Crippen LogP contribution in [0.25, 0.3) is 0 Å². The van der Waals surface area contributed by atoms with Gasteiger partial charge in [-0.3, -0.25) is 4.79 Å². The fraction of sp³-hybridized carbons (Fsp3) is 0.364. The molecule has 0 aliphatic heterocycles. The van der Waals surface area contributed by atoms with Gasteiger partial charge in [-0.1, -0.05) is 0 Å². The lowest BCUT2D eigenvalue weighted by atomic mass is 10.1. The van der Waals surface area contributed by atoms with Gasteiger partial charge in [0, 0.05) is 0 Å². The SMILES string of the molecule is CC(C)Oc1cc(C(F)(F)F)cc(C=O)c1F. The van der Waals surface area contributed by atoms with E-state index in [1.807, 2.05) is 0 Å². The Hall–Kier alpha value is -1.59. The first kappa shape index (κ1) is 13.5. The summed E-state index contributed by atoms with van der Waals surface area (Å²) < 4.78 is 55.7. The molecular formula is C11H10F4O2. The lowest BCUT2D eigenvalue weighted by molar-refractivity contribution is -0.137. The molecular weight excluding hydrogens is 240 g/mol. The second-order valence-corrected chi connectivity index (χ2v) is 3.66. The van der Waals surface area contributed by atoms with Crippen LogP contribution < -0.4 is 4.74 Å². The molecule has 0 bridgehead atoms. The van der Waals surface area contributed by atoms with Gasteiger partial charge in [0.15, 0.2) is 17.9 Å². The van der Waals surface area contributed by atoms with E-state index < -0.39 is 35.0 Å². The molecule has 6 heteroatoms. The van der Waals surface area contributed by atoms with Crippen molar-refractivity contribution in [3.63, 3.8) is 0 Å². The van der Waals surface area contributed by atoms with Crippen molar-refractivity contribution >= 4 is 6.29 Å². The van der Waals surface area contributed by atoms with Crippen molar-refractivity contribution in [2.75, 3.05) is 0 Å². The Morgan fingerprint density at radius 1 is 1.29 bits per heavy atom. The molecule has 0 fully saturated rings. The van der Waals surface area contributed by atoms with Gasteiger partial charge in [-0.2, -0.15) is 13.2 Å². The summed E-state index contributed by atoms with van der Waals surface area (Å²) in [4.78, 5) is 10.5. The number of benzene rings is 1. The van der Waals surface area contributed by atoms with Crippen LogP contribution >= 0.6 is 0 Å². The summed E-state index contributed by atoms with van der Waals surface area (Å²) in [6, 6.07) is 0.998. The van der Waals surface area contributed by atoms with Gasteiger partial charge in [0.1, 0.15) is 0 Å². The Labute approximate surface area is 95.2 Å². The highest BCUT2D eigenvalue weighted by Crippen LogP contribution is 2.34. The third-order valence-corrected chi connectivity index (χ3v) is 1.88. The number of carbonyl (C=O) groups excluding carboxylic acids is 1. The highest BCUT2D eigenvalue weighted by atomic mass is 19.4. The average Bonchev–Trinajstić information content (AvgIpc) is 2.18. The highest BCUT2D eigenvalue weighted by Gasteiger charge is 2.32. The normalized spacial score (nSPS) is 11.7. The molecule has 94 valence electrons. The maximum Gasteiger partial charge on any atom is 0.416 e. The van der Waals surface area contributed by atoms with Crippen molar-refractivity contribution in [2.45, 2.75) is 26.1 Å². The Morgan fingerprint density at radius 3 is 2.29 bits per heavy atom. The molecule has 0 saturated heterocycles. The van der Waals surface area contributed by atoms with Crippen LogP contribution in [0.15, 0.2) is 12.1 Å². The van der Waals surface area contributed by atoms with E-state index in [0.717, 1.165) is 0 Å². The van der Waals surface area contributed by atoms with E-state index in [-0.39, 0.29) is 6.29 Å². The zero-order valence-corrected chi connectivity index (χ0v) is 9.14. The molecule has 0 amide bonds. The minimum Gasteiger partial charge on any atom is -0.488 e. The Kier molecular flexibility index (Phi) is 3.75. The second kappa shape index (κ2) is 4.73. The fourth-order valence-electron chi connectivity index (χ4n) is 1.21. The zero-order chi connectivity index (χ0) is 13.2. The van der Waals surface area contributed by atoms with E-state index >= 15 is 0 Å². The molecule has 0 N–H and O–H groups in total. The topological polar surface area (TPSA) is 26.3 Å². The molecule has 1 aromatic rings. The maximum atomic E-state index is 13.5. The van der Waals surface area contributed by atoms with Crippen molar-refractivity contribution < 1.29 is 27.1 Å². The summed E-state index contributed by atoms with van der Waals surface area (Å²) in [5.41, 5.74) is -1.79. The number of hydrogen-bond donors (Lipinski definition) is 0. The van der Waals surface area contributed by atoms with Crippen molar-refractivity contribution in [3.05, 3.63) is 29.1 Å². The van der Waals surface area contributed by atoms with Gasteiger partial charge in [0.25, 0.3) is 0 Å². The van der Waals surface area contributed by atoms with Gasteiger partial charge in [-0.15, -0.1) is 0 Å². The van der Waals surface area contributed by atoms with E-state index in [9.17, 15) is 22.4 Å². The number of rotatable bonds is 3. The number of hydrogen-bond acceptors (Lipinski definition) is 2. The molecule has 0 radical (unpaired) electrons. The number of halogens is 4. The molecule has 0 heterocycles. The van der Waals surface area contributed by atoms with Gasteiger partial charge in [0.2, 0.25) is 0 Å². The number of carbonyl (C=O) groups is 1. The first-order chi connectivity index (χ1) is 7.75. The average molecular weight is 250 g/mol. The van der Waals surface area contributed by atoms with Crippen molar-refractivity contribution in [2.24, 2.45) is 0 Å². The van der Waals surface area contributed by atoms with E-state index in [1.54, 1.807) is 13.8 Å². The zero-order valence-electron chi connectivity index (χ0n) is 9.14. The van der Waals surface area contributed by atoms with Gasteiger partial charge in [0.05, 0.1) is 17.2 Å². The molecule has 17 heavy (non-hydrogen) atoms. The second-order valence-electron chi connectivity index (χ2n) is 3.66. The van der Waals surface area contributed by atoms with Gasteiger partial charge < -0.3 is 4.74 Å². The third kappa shape index (κ3) is 3.18. The minimum absolute atomic E-state index is 0.0256. The Balaban J connectivity index is 3.33. The van der Waals surface area contributed by atoms with Crippen LogP contribution in [-0.4, -0.2) is 12.4 Å². The summed E-state index contributed by atoms with van der Waals surface area (Å²) in [5, 5.41) is 0. The number of ether oxygens (including phenoxy) is 1. The van der Waals surface area contributed by atoms with Crippen LogP contribution in [0.3, 0.4) is 0 Å². The standard InChI is InChI=1S/C11H10F4O2/c1-6(2)17-9-4-8(11(13,14)15)3-7(5-16)10(9)12/h3-6H,1-2H3. The summed E-state index contributed by atoms with van der Waals surface area (Å²) in [6.07, 6.45) is -5.12. The van der Waals surface area contributed by atoms with Crippen molar-refractivity contribution in [1.29, 1.82) is 0 Å². The maximum absolute atomic E-state index is 13.5. The van der Waals surface area contributed by atoms with E-state index in [4.69, 9.17) is 4.74 Å². The Bertz CT molecular complexity index is 424. The highest BCUT2D eigenvalue weighted by molar-refractivity contribution is 5.76. The monoisotopic (exact) mass is 250 g/mol. The number of aldehydes is 1. The van der Waals surface area contributed by atoms with E-state index in [0.29, 0.717) is 12.1 Å². The van der Waals surface area contributed by atoms with Crippen LogP contribution in [0.1, 0.15) is 29.8 Å². The van der Waals surface area contributed by atoms with Gasteiger partial charge in [-0.05, 0) is 26.0 Å². The van der Waals surface area contributed by atoms with Crippen molar-refractivity contribution in [3.8, 4) is 5.75 Å². The van der Waals surface area contributed by atoms with Crippen LogP contribution in [0.5, 0.6) is 5.75 Å². The molecule has 0 aliphatic carbocycles. The first-order valence-electron chi connectivity index (χ1n) is 4.78. The quantitative estimate of drug-likeness (QED) is 0.606. The smallest absolute Gasteiger partial charge is 0.416 e. The molecule has 0 atom stereocenters. The van der Waals surface area contributed by atoms with Gasteiger partial charge >= 0.3 is 6.18 Å². The fourth-order valence-corrected chi connectivity index (χ4v) is 1.21. The van der Waals surface area contributed by atoms with Crippen LogP contribution in [0, 0.1) is 5.82 Å². The summed E-state index contributed by atoms with van der Waals surface area (Å²) in [6.45, 7) is 3.08. The molecule has 0 aliphatic rings. The predicted molar refractivity (Wildman–Crippen MR) is 52.6 cm³/mol. The summed E-state index contributed by atoms with van der Waals surface area (Å²) in [7, 11) is 0. The number of alkyl halides is 3. The van der Waals surface area contributed by atoms with E-state index in [2.05, 4.69) is 0 Å². The molecule has 1 aromatic carbocycles. The molecule has 0 aromatic heterocycles. The molecule has 0 saturated carbocycles. The third-order valence-electron chi connectivity index (χ3n) is 1.88. The Morgan fingerprint density at radius 2 is 1.88 bits per heavy atom. The van der Waals surface area contributed by atoms with E-state index in [1.165, 1.54) is 0 Å². The first-order valence-corrected chi connectivity index (χ1v) is 4.78. The van der Waals surface area contributed by atoms with Crippen LogP contribution in [0.2, 0.25) is 0 Å².